The third-order valence-corrected chi connectivity index (χ3v) is 5.38. The Morgan fingerprint density at radius 1 is 1.45 bits per heavy atom. The van der Waals surface area contributed by atoms with Gasteiger partial charge in [0.05, 0.1) is 0 Å². The Bertz CT molecular complexity index is 779. The molecule has 0 aliphatic carbocycles. The van der Waals surface area contributed by atoms with Gasteiger partial charge in [-0.05, 0) is 35.8 Å². The second-order valence-electron chi connectivity index (χ2n) is 5.29. The van der Waals surface area contributed by atoms with Crippen LogP contribution >= 0.6 is 22.9 Å². The minimum absolute atomic E-state index is 0.790. The smallest absolute Gasteiger partial charge is 0.328 e. The first-order valence-corrected chi connectivity index (χ1v) is 8.26. The van der Waals surface area contributed by atoms with Crippen LogP contribution in [0.15, 0.2) is 30.9 Å². The standard InChI is InChI=1S/C17H16ClNO2S/c1-2-8-19-9-7-11-13(18)3-4-15-17(11)12(10-19)14(22-15)5-6-16(20)21/h2-6H,1,7-10H2,(H,20,21)/b6-5+. The molecule has 0 saturated heterocycles. The van der Waals surface area contributed by atoms with E-state index in [1.807, 2.05) is 18.2 Å². The molecule has 2 aromatic rings. The molecule has 0 atom stereocenters. The number of hydrogen-bond acceptors (Lipinski definition) is 3. The molecular formula is C17H16ClNO2S. The Balaban J connectivity index is 2.17. The lowest BCUT2D eigenvalue weighted by molar-refractivity contribution is -0.131. The summed E-state index contributed by atoms with van der Waals surface area (Å²) < 4.78 is 1.17. The minimum atomic E-state index is -0.931. The molecule has 3 nitrogen and oxygen atoms in total. The second kappa shape index (κ2) is 6.24. The van der Waals surface area contributed by atoms with Crippen molar-refractivity contribution < 1.29 is 9.90 Å². The lowest BCUT2D eigenvalue weighted by Gasteiger charge is -2.18. The highest BCUT2D eigenvalue weighted by molar-refractivity contribution is 7.20. The number of aliphatic carboxylic acids is 1. The number of carboxylic acids is 1. The number of carbonyl (C=O) groups is 1. The van der Waals surface area contributed by atoms with Gasteiger partial charge in [-0.2, -0.15) is 0 Å². The highest BCUT2D eigenvalue weighted by Gasteiger charge is 2.22. The molecule has 1 aromatic heterocycles. The topological polar surface area (TPSA) is 40.5 Å². The lowest BCUT2D eigenvalue weighted by atomic mass is 10.0. The largest absolute Gasteiger partial charge is 0.478 e. The van der Waals surface area contributed by atoms with Crippen molar-refractivity contribution in [1.29, 1.82) is 0 Å². The van der Waals surface area contributed by atoms with Crippen molar-refractivity contribution in [2.45, 2.75) is 13.0 Å². The predicted octanol–water partition coefficient (Wildman–Crippen LogP) is 4.20. The number of thiophene rings is 1. The quantitative estimate of drug-likeness (QED) is 0.673. The molecule has 2 heterocycles. The molecule has 0 radical (unpaired) electrons. The lowest BCUT2D eigenvalue weighted by Crippen LogP contribution is -2.24. The molecule has 1 N–H and O–H groups in total. The molecule has 5 heteroatoms. The van der Waals surface area contributed by atoms with Gasteiger partial charge in [0.1, 0.15) is 0 Å². The van der Waals surface area contributed by atoms with Gasteiger partial charge in [0.2, 0.25) is 0 Å². The fraction of sp³-hybridized carbons (Fsp3) is 0.235. The Hall–Kier alpha value is -1.62. The molecule has 0 unspecified atom stereocenters. The van der Waals surface area contributed by atoms with E-state index >= 15 is 0 Å². The summed E-state index contributed by atoms with van der Waals surface area (Å²) in [6, 6.07) is 3.96. The van der Waals surface area contributed by atoms with Gasteiger partial charge in [-0.3, -0.25) is 4.90 Å². The highest BCUT2D eigenvalue weighted by Crippen LogP contribution is 2.40. The SMILES string of the molecule is C=CCN1CCc2c(Cl)ccc3sc(/C=C/C(=O)O)c(c23)C1. The van der Waals surface area contributed by atoms with Crippen LogP contribution in [0, 0.1) is 0 Å². The van der Waals surface area contributed by atoms with Crippen LogP contribution in [0.5, 0.6) is 0 Å². The van der Waals surface area contributed by atoms with E-state index in [-0.39, 0.29) is 0 Å². The van der Waals surface area contributed by atoms with E-state index < -0.39 is 5.97 Å². The highest BCUT2D eigenvalue weighted by atomic mass is 35.5. The third kappa shape index (κ3) is 2.82. The van der Waals surface area contributed by atoms with Gasteiger partial charge in [0, 0.05) is 45.7 Å². The molecule has 114 valence electrons. The number of carboxylic acid groups (broad SMARTS) is 1. The normalized spacial score (nSPS) is 15.3. The first-order chi connectivity index (χ1) is 10.6. The van der Waals surface area contributed by atoms with Gasteiger partial charge < -0.3 is 5.11 Å². The summed E-state index contributed by atoms with van der Waals surface area (Å²) in [5.41, 5.74) is 2.35. The van der Waals surface area contributed by atoms with Crippen molar-refractivity contribution in [3.63, 3.8) is 0 Å². The van der Waals surface area contributed by atoms with Crippen LogP contribution in [-0.4, -0.2) is 29.1 Å². The summed E-state index contributed by atoms with van der Waals surface area (Å²) in [5, 5.41) is 10.9. The molecule has 0 amide bonds. The van der Waals surface area contributed by atoms with Crippen molar-refractivity contribution in [3.8, 4) is 0 Å². The predicted molar refractivity (Wildman–Crippen MR) is 92.7 cm³/mol. The number of rotatable bonds is 4. The van der Waals surface area contributed by atoms with Crippen LogP contribution in [0.3, 0.4) is 0 Å². The Morgan fingerprint density at radius 3 is 3.00 bits per heavy atom. The molecule has 1 aliphatic rings. The average molecular weight is 334 g/mol. The van der Waals surface area contributed by atoms with Gasteiger partial charge in [0.25, 0.3) is 0 Å². The van der Waals surface area contributed by atoms with Crippen LogP contribution in [0.25, 0.3) is 16.2 Å². The van der Waals surface area contributed by atoms with E-state index in [9.17, 15) is 4.79 Å². The van der Waals surface area contributed by atoms with Gasteiger partial charge >= 0.3 is 5.97 Å². The van der Waals surface area contributed by atoms with Crippen molar-refractivity contribution in [3.05, 3.63) is 51.9 Å². The molecule has 1 aromatic carbocycles. The van der Waals surface area contributed by atoms with Crippen molar-refractivity contribution in [1.82, 2.24) is 4.90 Å². The fourth-order valence-corrected chi connectivity index (χ4v) is 4.31. The van der Waals surface area contributed by atoms with Crippen LogP contribution < -0.4 is 0 Å². The average Bonchev–Trinajstić information content (AvgIpc) is 2.69. The zero-order valence-electron chi connectivity index (χ0n) is 12.0. The van der Waals surface area contributed by atoms with Gasteiger partial charge in [0.15, 0.2) is 0 Å². The van der Waals surface area contributed by atoms with E-state index in [0.29, 0.717) is 0 Å². The van der Waals surface area contributed by atoms with E-state index in [1.165, 1.54) is 27.3 Å². The molecule has 0 bridgehead atoms. The van der Waals surface area contributed by atoms with Crippen LogP contribution in [-0.2, 0) is 17.8 Å². The van der Waals surface area contributed by atoms with Crippen LogP contribution in [0.2, 0.25) is 5.02 Å². The number of nitrogens with zero attached hydrogens (tertiary/aromatic N) is 1. The van der Waals surface area contributed by atoms with Gasteiger partial charge in [-0.15, -0.1) is 17.9 Å². The van der Waals surface area contributed by atoms with Crippen LogP contribution in [0.1, 0.15) is 16.0 Å². The molecule has 1 aliphatic heterocycles. The Labute approximate surface area is 138 Å². The summed E-state index contributed by atoms with van der Waals surface area (Å²) >= 11 is 8.02. The van der Waals surface area contributed by atoms with Gasteiger partial charge in [-0.25, -0.2) is 4.79 Å². The van der Waals surface area contributed by atoms with Crippen molar-refractivity contribution in [2.75, 3.05) is 13.1 Å². The first-order valence-electron chi connectivity index (χ1n) is 7.07. The summed E-state index contributed by atoms with van der Waals surface area (Å²) in [7, 11) is 0. The number of hydrogen-bond donors (Lipinski definition) is 1. The Kier molecular flexibility index (Phi) is 4.34. The van der Waals surface area contributed by atoms with Crippen LogP contribution in [0.4, 0.5) is 0 Å². The summed E-state index contributed by atoms with van der Waals surface area (Å²) in [4.78, 5) is 14.1. The van der Waals surface area contributed by atoms with E-state index in [1.54, 1.807) is 17.4 Å². The summed E-state index contributed by atoms with van der Waals surface area (Å²) in [6.45, 7) is 6.34. The maximum atomic E-state index is 10.8. The zero-order chi connectivity index (χ0) is 15.7. The van der Waals surface area contributed by atoms with Crippen molar-refractivity contribution >= 4 is 45.1 Å². The summed E-state index contributed by atoms with van der Waals surface area (Å²) in [5.74, 6) is -0.931. The third-order valence-electron chi connectivity index (χ3n) is 3.86. The van der Waals surface area contributed by atoms with Gasteiger partial charge in [-0.1, -0.05) is 17.7 Å². The number of benzene rings is 1. The first kappa shape index (κ1) is 15.3. The van der Waals surface area contributed by atoms with Crippen molar-refractivity contribution in [2.24, 2.45) is 0 Å². The van der Waals surface area contributed by atoms with E-state index in [4.69, 9.17) is 16.7 Å². The molecule has 0 fully saturated rings. The fourth-order valence-electron chi connectivity index (χ4n) is 2.91. The molecule has 3 rings (SSSR count). The van der Waals surface area contributed by atoms with E-state index in [2.05, 4.69) is 11.5 Å². The molecule has 22 heavy (non-hydrogen) atoms. The minimum Gasteiger partial charge on any atom is -0.478 e. The maximum Gasteiger partial charge on any atom is 0.328 e. The maximum absolute atomic E-state index is 10.8. The second-order valence-corrected chi connectivity index (χ2v) is 6.78. The van der Waals surface area contributed by atoms with E-state index in [0.717, 1.165) is 36.0 Å². The molecular weight excluding hydrogens is 318 g/mol. The Morgan fingerprint density at radius 2 is 2.27 bits per heavy atom. The zero-order valence-corrected chi connectivity index (χ0v) is 13.6. The number of halogens is 1. The molecule has 0 spiro atoms. The molecule has 0 saturated carbocycles. The monoisotopic (exact) mass is 333 g/mol. The summed E-state index contributed by atoms with van der Waals surface area (Å²) in [6.07, 6.45) is 5.69.